The fourth-order valence-corrected chi connectivity index (χ4v) is 6.56. The highest BCUT2D eigenvalue weighted by Crippen LogP contribution is 2.16. The van der Waals surface area contributed by atoms with Gasteiger partial charge in [0.25, 0.3) is 0 Å². The average molecular weight is 478 g/mol. The Morgan fingerprint density at radius 3 is 2.37 bits per heavy atom. The number of hydrogen-bond donors (Lipinski definition) is 2. The molecule has 170 valence electrons. The lowest BCUT2D eigenvalue weighted by molar-refractivity contribution is -0.123. The molecule has 0 aromatic heterocycles. The molecule has 0 saturated carbocycles. The lowest BCUT2D eigenvalue weighted by Crippen LogP contribution is -2.52. The van der Waals surface area contributed by atoms with Crippen molar-refractivity contribution in [3.8, 4) is 0 Å². The molecule has 1 saturated heterocycles. The van der Waals surface area contributed by atoms with E-state index in [1.807, 2.05) is 13.2 Å². The zero-order valence-electron chi connectivity index (χ0n) is 17.4. The van der Waals surface area contributed by atoms with Gasteiger partial charge in [-0.25, -0.2) is 21.1 Å². The van der Waals surface area contributed by atoms with Crippen LogP contribution < -0.4 is 10.0 Å². The first-order valence-electron chi connectivity index (χ1n) is 10.0. The van der Waals surface area contributed by atoms with E-state index in [9.17, 15) is 21.6 Å². The fourth-order valence-electron chi connectivity index (χ4n) is 3.30. The predicted molar refractivity (Wildman–Crippen MR) is 120 cm³/mol. The van der Waals surface area contributed by atoms with Crippen molar-refractivity contribution >= 4 is 37.7 Å². The SMILES string of the molecule is CCCS(=O)(=O)N1CCC(NC(=O)C(CCSC)NS(=O)(=O)c2ccccc2)CC1. The Hall–Kier alpha value is -1.14. The van der Waals surface area contributed by atoms with E-state index in [4.69, 9.17) is 0 Å². The third kappa shape index (κ3) is 7.23. The van der Waals surface area contributed by atoms with Gasteiger partial charge in [0, 0.05) is 19.1 Å². The molecule has 1 amide bonds. The topological polar surface area (TPSA) is 113 Å². The van der Waals surface area contributed by atoms with Gasteiger partial charge >= 0.3 is 0 Å². The van der Waals surface area contributed by atoms with Gasteiger partial charge in [0.15, 0.2) is 0 Å². The molecule has 1 aliphatic heterocycles. The smallest absolute Gasteiger partial charge is 0.241 e. The molecule has 0 spiro atoms. The highest BCUT2D eigenvalue weighted by molar-refractivity contribution is 7.98. The van der Waals surface area contributed by atoms with Crippen LogP contribution in [0.5, 0.6) is 0 Å². The van der Waals surface area contributed by atoms with Gasteiger partial charge in [0.05, 0.1) is 10.6 Å². The number of amides is 1. The van der Waals surface area contributed by atoms with Crippen molar-refractivity contribution < 1.29 is 21.6 Å². The van der Waals surface area contributed by atoms with Crippen LogP contribution in [-0.4, -0.2) is 70.0 Å². The molecule has 1 unspecified atom stereocenters. The summed E-state index contributed by atoms with van der Waals surface area (Å²) < 4.78 is 53.7. The minimum atomic E-state index is -3.82. The van der Waals surface area contributed by atoms with Crippen LogP contribution >= 0.6 is 11.8 Å². The molecule has 0 bridgehead atoms. The minimum Gasteiger partial charge on any atom is -0.352 e. The van der Waals surface area contributed by atoms with Crippen LogP contribution in [0.3, 0.4) is 0 Å². The first-order valence-corrected chi connectivity index (χ1v) is 14.5. The van der Waals surface area contributed by atoms with Crippen LogP contribution in [0.1, 0.15) is 32.6 Å². The molecule has 0 radical (unpaired) electrons. The second kappa shape index (κ2) is 11.5. The van der Waals surface area contributed by atoms with Crippen molar-refractivity contribution in [3.05, 3.63) is 30.3 Å². The van der Waals surface area contributed by atoms with Crippen molar-refractivity contribution in [2.24, 2.45) is 0 Å². The molecule has 1 fully saturated rings. The Morgan fingerprint density at radius 2 is 1.80 bits per heavy atom. The summed E-state index contributed by atoms with van der Waals surface area (Å²) in [5.74, 6) is 0.379. The lowest BCUT2D eigenvalue weighted by Gasteiger charge is -2.32. The Balaban J connectivity index is 1.99. The molecule has 30 heavy (non-hydrogen) atoms. The van der Waals surface area contributed by atoms with Crippen LogP contribution in [0.15, 0.2) is 35.2 Å². The molecular formula is C19H31N3O5S3. The van der Waals surface area contributed by atoms with Crippen molar-refractivity contribution in [1.29, 1.82) is 0 Å². The van der Waals surface area contributed by atoms with Gasteiger partial charge in [0.2, 0.25) is 26.0 Å². The van der Waals surface area contributed by atoms with E-state index >= 15 is 0 Å². The third-order valence-electron chi connectivity index (χ3n) is 4.93. The van der Waals surface area contributed by atoms with E-state index in [2.05, 4.69) is 10.0 Å². The number of sulfonamides is 2. The monoisotopic (exact) mass is 477 g/mol. The highest BCUT2D eigenvalue weighted by Gasteiger charge is 2.31. The van der Waals surface area contributed by atoms with Crippen molar-refractivity contribution in [1.82, 2.24) is 14.3 Å². The summed E-state index contributed by atoms with van der Waals surface area (Å²) in [6.07, 6.45) is 3.85. The molecule has 11 heteroatoms. The van der Waals surface area contributed by atoms with E-state index < -0.39 is 26.1 Å². The van der Waals surface area contributed by atoms with E-state index in [0.717, 1.165) is 0 Å². The fraction of sp³-hybridized carbons (Fsp3) is 0.632. The quantitative estimate of drug-likeness (QED) is 0.498. The Bertz CT molecular complexity index is 883. The Kier molecular flexibility index (Phi) is 9.61. The molecule has 1 aliphatic rings. The van der Waals surface area contributed by atoms with Gasteiger partial charge in [-0.1, -0.05) is 25.1 Å². The molecular weight excluding hydrogens is 446 g/mol. The normalized spacial score (nSPS) is 17.5. The van der Waals surface area contributed by atoms with Crippen LogP contribution in [0.2, 0.25) is 0 Å². The lowest BCUT2D eigenvalue weighted by atomic mass is 10.1. The first-order chi connectivity index (χ1) is 14.2. The molecule has 8 nitrogen and oxygen atoms in total. The number of piperidine rings is 1. The van der Waals surface area contributed by atoms with E-state index in [1.165, 1.54) is 28.2 Å². The van der Waals surface area contributed by atoms with Crippen molar-refractivity contribution in [3.63, 3.8) is 0 Å². The minimum absolute atomic E-state index is 0.112. The second-order valence-corrected chi connectivity index (χ2v) is 12.1. The summed E-state index contributed by atoms with van der Waals surface area (Å²) in [6.45, 7) is 2.55. The maximum Gasteiger partial charge on any atom is 0.241 e. The van der Waals surface area contributed by atoms with Crippen molar-refractivity contribution in [2.75, 3.05) is 30.9 Å². The molecule has 1 aromatic rings. The zero-order valence-corrected chi connectivity index (χ0v) is 19.9. The van der Waals surface area contributed by atoms with E-state index in [0.29, 0.717) is 44.5 Å². The Morgan fingerprint density at radius 1 is 1.17 bits per heavy atom. The van der Waals surface area contributed by atoms with Crippen molar-refractivity contribution in [2.45, 2.75) is 49.6 Å². The molecule has 1 heterocycles. The standard InChI is InChI=1S/C19H31N3O5S3/c1-3-15-29(24,25)22-12-9-16(10-13-22)20-19(23)18(11-14-28-2)21-30(26,27)17-7-5-4-6-8-17/h4-8,16,18,21H,3,9-15H2,1-2H3,(H,20,23). The highest BCUT2D eigenvalue weighted by atomic mass is 32.2. The van der Waals surface area contributed by atoms with Gasteiger partial charge in [-0.3, -0.25) is 4.79 Å². The van der Waals surface area contributed by atoms with E-state index in [-0.39, 0.29) is 22.6 Å². The average Bonchev–Trinajstić information content (AvgIpc) is 2.72. The van der Waals surface area contributed by atoms with Gasteiger partial charge in [-0.2, -0.15) is 16.5 Å². The Labute approximate surface area is 184 Å². The molecule has 1 aromatic carbocycles. The number of rotatable bonds is 11. The molecule has 1 atom stereocenters. The van der Waals surface area contributed by atoms with Gasteiger partial charge in [-0.05, 0) is 49.8 Å². The molecule has 0 aliphatic carbocycles. The van der Waals surface area contributed by atoms with Gasteiger partial charge in [0.1, 0.15) is 6.04 Å². The summed E-state index contributed by atoms with van der Waals surface area (Å²) in [5.41, 5.74) is 0. The maximum absolute atomic E-state index is 12.8. The molecule has 2 rings (SSSR count). The number of carbonyl (C=O) groups is 1. The van der Waals surface area contributed by atoms with Crippen LogP contribution in [0, 0.1) is 0 Å². The number of nitrogens with zero attached hydrogens (tertiary/aromatic N) is 1. The summed E-state index contributed by atoms with van der Waals surface area (Å²) in [5, 5.41) is 2.91. The predicted octanol–water partition coefficient (Wildman–Crippen LogP) is 1.41. The van der Waals surface area contributed by atoms with Crippen LogP contribution in [0.25, 0.3) is 0 Å². The number of nitrogens with one attached hydrogen (secondary N) is 2. The summed E-state index contributed by atoms with van der Waals surface area (Å²) in [7, 11) is -7.06. The zero-order chi connectivity index (χ0) is 22.2. The van der Waals surface area contributed by atoms with E-state index in [1.54, 1.807) is 18.2 Å². The number of carbonyl (C=O) groups excluding carboxylic acids is 1. The summed E-state index contributed by atoms with van der Waals surface area (Å²) in [6, 6.07) is 6.89. The first kappa shape index (κ1) is 25.1. The summed E-state index contributed by atoms with van der Waals surface area (Å²) in [4.78, 5) is 12.9. The maximum atomic E-state index is 12.8. The summed E-state index contributed by atoms with van der Waals surface area (Å²) >= 11 is 1.53. The molecule has 2 N–H and O–H groups in total. The largest absolute Gasteiger partial charge is 0.352 e. The number of benzene rings is 1. The van der Waals surface area contributed by atoms with Crippen LogP contribution in [0.4, 0.5) is 0 Å². The number of hydrogen-bond acceptors (Lipinski definition) is 6. The van der Waals surface area contributed by atoms with Gasteiger partial charge < -0.3 is 5.32 Å². The number of thioether (sulfide) groups is 1. The van der Waals surface area contributed by atoms with Crippen LogP contribution in [-0.2, 0) is 24.8 Å². The van der Waals surface area contributed by atoms with Gasteiger partial charge in [-0.15, -0.1) is 0 Å². The second-order valence-electron chi connectivity index (χ2n) is 7.27. The third-order valence-corrected chi connectivity index (χ3v) is 9.14.